The van der Waals surface area contributed by atoms with E-state index in [1.54, 1.807) is 0 Å². The first-order valence-electron chi connectivity index (χ1n) is 6.61. The van der Waals surface area contributed by atoms with Crippen molar-refractivity contribution in [3.63, 3.8) is 0 Å². The smallest absolute Gasteiger partial charge is 0.348 e. The molecule has 0 atom stereocenters. The molecule has 2 amide bonds. The molecule has 0 saturated heterocycles. The highest BCUT2D eigenvalue weighted by atomic mass is 19.4. The lowest BCUT2D eigenvalue weighted by molar-refractivity contribution is -0.138. The summed E-state index contributed by atoms with van der Waals surface area (Å²) in [4.78, 5) is 23.0. The van der Waals surface area contributed by atoms with E-state index in [4.69, 9.17) is 0 Å². The fourth-order valence-electron chi connectivity index (χ4n) is 1.68. The predicted molar refractivity (Wildman–Crippen MR) is 72.6 cm³/mol. The van der Waals surface area contributed by atoms with Gasteiger partial charge in [-0.05, 0) is 18.6 Å². The highest BCUT2D eigenvalue weighted by Gasteiger charge is 2.33. The first-order valence-corrected chi connectivity index (χ1v) is 6.61. The Morgan fingerprint density at radius 3 is 2.38 bits per heavy atom. The summed E-state index contributed by atoms with van der Waals surface area (Å²) < 4.78 is 38.2. The van der Waals surface area contributed by atoms with Crippen molar-refractivity contribution in [1.82, 2.24) is 5.32 Å². The summed E-state index contributed by atoms with van der Waals surface area (Å²) in [5.41, 5.74) is -1.42. The van der Waals surface area contributed by atoms with Gasteiger partial charge >= 0.3 is 18.0 Å². The lowest BCUT2D eigenvalue weighted by Crippen LogP contribution is -2.36. The number of halogens is 3. The molecule has 0 heterocycles. The highest BCUT2D eigenvalue weighted by Crippen LogP contribution is 2.34. The number of alkyl halides is 3. The number of benzene rings is 1. The zero-order valence-electron chi connectivity index (χ0n) is 11.6. The SMILES string of the molecule is CCCCCNC(=O)C(=O)Nc1ccccc1C(F)(F)F. The van der Waals surface area contributed by atoms with Gasteiger partial charge in [-0.3, -0.25) is 9.59 Å². The van der Waals surface area contributed by atoms with Gasteiger partial charge in [0.2, 0.25) is 0 Å². The molecule has 1 aromatic carbocycles. The van der Waals surface area contributed by atoms with Crippen LogP contribution >= 0.6 is 0 Å². The van der Waals surface area contributed by atoms with Gasteiger partial charge in [0.05, 0.1) is 11.3 Å². The van der Waals surface area contributed by atoms with E-state index in [0.29, 0.717) is 13.0 Å². The van der Waals surface area contributed by atoms with Crippen molar-refractivity contribution in [2.75, 3.05) is 11.9 Å². The Morgan fingerprint density at radius 1 is 1.10 bits per heavy atom. The Hall–Kier alpha value is -2.05. The molecule has 21 heavy (non-hydrogen) atoms. The second-order valence-electron chi connectivity index (χ2n) is 4.46. The van der Waals surface area contributed by atoms with Crippen LogP contribution in [-0.2, 0) is 15.8 Å². The van der Waals surface area contributed by atoms with Gasteiger partial charge in [0, 0.05) is 6.54 Å². The van der Waals surface area contributed by atoms with Crippen LogP contribution in [0.5, 0.6) is 0 Å². The minimum absolute atomic E-state index is 0.320. The van der Waals surface area contributed by atoms with E-state index in [1.807, 2.05) is 12.2 Å². The molecule has 1 aromatic rings. The molecule has 1 rings (SSSR count). The molecule has 0 radical (unpaired) electrons. The number of anilines is 1. The van der Waals surface area contributed by atoms with Crippen LogP contribution in [0.1, 0.15) is 31.7 Å². The largest absolute Gasteiger partial charge is 0.418 e. The zero-order valence-corrected chi connectivity index (χ0v) is 11.6. The van der Waals surface area contributed by atoms with Crippen molar-refractivity contribution in [1.29, 1.82) is 0 Å². The van der Waals surface area contributed by atoms with Crippen molar-refractivity contribution in [3.8, 4) is 0 Å². The minimum atomic E-state index is -4.60. The standard InChI is InChI=1S/C14H17F3N2O2/c1-2-3-6-9-18-12(20)13(21)19-11-8-5-4-7-10(11)14(15,16)17/h4-5,7-8H,2-3,6,9H2,1H3,(H,18,20)(H,19,21). The summed E-state index contributed by atoms with van der Waals surface area (Å²) in [5, 5.41) is 4.35. The van der Waals surface area contributed by atoms with Gasteiger partial charge in [0.25, 0.3) is 0 Å². The number of nitrogens with one attached hydrogen (secondary N) is 2. The molecule has 2 N–H and O–H groups in total. The molecular weight excluding hydrogens is 285 g/mol. The summed E-state index contributed by atoms with van der Waals surface area (Å²) >= 11 is 0. The molecule has 0 saturated carbocycles. The number of carbonyl (C=O) groups excluding carboxylic acids is 2. The zero-order chi connectivity index (χ0) is 15.9. The maximum Gasteiger partial charge on any atom is 0.418 e. The molecule has 116 valence electrons. The first kappa shape index (κ1) is 17.0. The summed E-state index contributed by atoms with van der Waals surface area (Å²) in [6.45, 7) is 2.31. The Labute approximate surface area is 120 Å². The van der Waals surface area contributed by atoms with Crippen molar-refractivity contribution in [2.45, 2.75) is 32.4 Å². The Bertz CT molecular complexity index is 501. The second-order valence-corrected chi connectivity index (χ2v) is 4.46. The third-order valence-electron chi connectivity index (χ3n) is 2.75. The molecule has 0 fully saturated rings. The average molecular weight is 302 g/mol. The Kier molecular flexibility index (Phi) is 6.20. The van der Waals surface area contributed by atoms with Crippen molar-refractivity contribution >= 4 is 17.5 Å². The van der Waals surface area contributed by atoms with E-state index >= 15 is 0 Å². The molecule has 4 nitrogen and oxygen atoms in total. The molecular formula is C14H17F3N2O2. The molecule has 0 aliphatic carbocycles. The topological polar surface area (TPSA) is 58.2 Å². The van der Waals surface area contributed by atoms with Gasteiger partial charge < -0.3 is 10.6 Å². The van der Waals surface area contributed by atoms with Gasteiger partial charge in [-0.1, -0.05) is 31.9 Å². The van der Waals surface area contributed by atoms with Crippen molar-refractivity contribution in [3.05, 3.63) is 29.8 Å². The first-order chi connectivity index (χ1) is 9.86. The van der Waals surface area contributed by atoms with Gasteiger partial charge in [0.1, 0.15) is 0 Å². The van der Waals surface area contributed by atoms with Crippen LogP contribution in [0.2, 0.25) is 0 Å². The maximum absolute atomic E-state index is 12.7. The quantitative estimate of drug-likeness (QED) is 0.649. The fraction of sp³-hybridized carbons (Fsp3) is 0.429. The molecule has 7 heteroatoms. The van der Waals surface area contributed by atoms with Crippen LogP contribution in [0.25, 0.3) is 0 Å². The van der Waals surface area contributed by atoms with Crippen LogP contribution < -0.4 is 10.6 Å². The Balaban J connectivity index is 2.65. The third-order valence-corrected chi connectivity index (χ3v) is 2.75. The maximum atomic E-state index is 12.7. The van der Waals surface area contributed by atoms with Gasteiger partial charge in [0.15, 0.2) is 0 Å². The fourth-order valence-corrected chi connectivity index (χ4v) is 1.68. The normalized spacial score (nSPS) is 11.0. The van der Waals surface area contributed by atoms with Crippen LogP contribution in [0, 0.1) is 0 Å². The molecule has 0 aliphatic heterocycles. The van der Waals surface area contributed by atoms with Crippen LogP contribution in [0.3, 0.4) is 0 Å². The third kappa shape index (κ3) is 5.45. The van der Waals surface area contributed by atoms with Crippen LogP contribution in [0.4, 0.5) is 18.9 Å². The number of hydrogen-bond acceptors (Lipinski definition) is 2. The van der Waals surface area contributed by atoms with Gasteiger partial charge in [-0.2, -0.15) is 13.2 Å². The minimum Gasteiger partial charge on any atom is -0.348 e. The predicted octanol–water partition coefficient (Wildman–Crippen LogP) is 2.95. The highest BCUT2D eigenvalue weighted by molar-refractivity contribution is 6.39. The van der Waals surface area contributed by atoms with Crippen molar-refractivity contribution < 1.29 is 22.8 Å². The van der Waals surface area contributed by atoms with E-state index < -0.39 is 29.2 Å². The van der Waals surface area contributed by atoms with Gasteiger partial charge in [-0.15, -0.1) is 0 Å². The number of para-hydroxylation sites is 1. The van der Waals surface area contributed by atoms with E-state index in [0.717, 1.165) is 25.0 Å². The van der Waals surface area contributed by atoms with Crippen LogP contribution in [0.15, 0.2) is 24.3 Å². The molecule has 0 aromatic heterocycles. The molecule has 0 spiro atoms. The monoisotopic (exact) mass is 302 g/mol. The number of carbonyl (C=O) groups is 2. The lowest BCUT2D eigenvalue weighted by Gasteiger charge is -2.13. The van der Waals surface area contributed by atoms with Crippen molar-refractivity contribution in [2.24, 2.45) is 0 Å². The van der Waals surface area contributed by atoms with E-state index in [1.165, 1.54) is 12.1 Å². The molecule has 0 aliphatic rings. The van der Waals surface area contributed by atoms with Gasteiger partial charge in [-0.25, -0.2) is 0 Å². The van der Waals surface area contributed by atoms with E-state index in [2.05, 4.69) is 5.32 Å². The lowest BCUT2D eigenvalue weighted by atomic mass is 10.1. The number of hydrogen-bond donors (Lipinski definition) is 2. The van der Waals surface area contributed by atoms with Crippen LogP contribution in [-0.4, -0.2) is 18.4 Å². The Morgan fingerprint density at radius 2 is 1.76 bits per heavy atom. The second kappa shape index (κ2) is 7.66. The molecule has 0 bridgehead atoms. The van der Waals surface area contributed by atoms with E-state index in [-0.39, 0.29) is 0 Å². The average Bonchev–Trinajstić information content (AvgIpc) is 2.42. The number of rotatable bonds is 5. The molecule has 0 unspecified atom stereocenters. The summed E-state index contributed by atoms with van der Waals surface area (Å²) in [6.07, 6.45) is -2.02. The number of amides is 2. The number of unbranched alkanes of at least 4 members (excludes halogenated alkanes) is 2. The summed E-state index contributed by atoms with van der Waals surface area (Å²) in [7, 11) is 0. The summed E-state index contributed by atoms with van der Waals surface area (Å²) in [6, 6.07) is 4.51. The summed E-state index contributed by atoms with van der Waals surface area (Å²) in [5.74, 6) is -2.05. The van der Waals surface area contributed by atoms with E-state index in [9.17, 15) is 22.8 Å².